The Morgan fingerprint density at radius 2 is 2.05 bits per heavy atom. The summed E-state index contributed by atoms with van der Waals surface area (Å²) in [6.45, 7) is 4.48. The first kappa shape index (κ1) is 13.9. The van der Waals surface area contributed by atoms with Crippen LogP contribution in [0.15, 0.2) is 36.5 Å². The zero-order valence-corrected chi connectivity index (χ0v) is 12.8. The van der Waals surface area contributed by atoms with E-state index in [1.165, 1.54) is 5.69 Å². The monoisotopic (exact) mass is 283 g/mol. The van der Waals surface area contributed by atoms with E-state index in [0.29, 0.717) is 5.56 Å². The molecule has 3 rings (SSSR count). The van der Waals surface area contributed by atoms with Crippen LogP contribution >= 0.6 is 0 Å². The predicted octanol–water partition coefficient (Wildman–Crippen LogP) is 2.86. The highest BCUT2D eigenvalue weighted by molar-refractivity contribution is 5.94. The molecule has 1 N–H and O–H groups in total. The molecule has 1 aromatic carbocycles. The van der Waals surface area contributed by atoms with Crippen molar-refractivity contribution in [3.63, 3.8) is 0 Å². The van der Waals surface area contributed by atoms with Crippen LogP contribution in [-0.2, 0) is 13.5 Å². The number of hydrogen-bond acceptors (Lipinski definition) is 2. The van der Waals surface area contributed by atoms with Crippen LogP contribution in [0.1, 0.15) is 47.9 Å². The second kappa shape index (κ2) is 5.02. The summed E-state index contributed by atoms with van der Waals surface area (Å²) in [6.07, 6.45) is 3.82. The first-order chi connectivity index (χ1) is 9.96. The third-order valence-electron chi connectivity index (χ3n) is 4.21. The molecule has 0 saturated carbocycles. The van der Waals surface area contributed by atoms with E-state index >= 15 is 0 Å². The molecular formula is C17H21N3O. The van der Waals surface area contributed by atoms with Crippen molar-refractivity contribution in [2.75, 3.05) is 0 Å². The van der Waals surface area contributed by atoms with Gasteiger partial charge in [0.25, 0.3) is 5.91 Å². The molecule has 1 aliphatic carbocycles. The fourth-order valence-electron chi connectivity index (χ4n) is 3.14. The number of aromatic nitrogens is 2. The van der Waals surface area contributed by atoms with Gasteiger partial charge in [-0.15, -0.1) is 0 Å². The maximum absolute atomic E-state index is 12.4. The predicted molar refractivity (Wildman–Crippen MR) is 82.0 cm³/mol. The van der Waals surface area contributed by atoms with Gasteiger partial charge in [-0.2, -0.15) is 5.10 Å². The molecule has 0 aliphatic heterocycles. The van der Waals surface area contributed by atoms with Crippen LogP contribution in [0.3, 0.4) is 0 Å². The first-order valence-corrected chi connectivity index (χ1v) is 7.33. The molecular weight excluding hydrogens is 262 g/mol. The minimum absolute atomic E-state index is 0.0203. The van der Waals surface area contributed by atoms with Crippen molar-refractivity contribution in [3.8, 4) is 0 Å². The Balaban J connectivity index is 1.87. The quantitative estimate of drug-likeness (QED) is 0.921. The molecule has 0 fully saturated rings. The molecule has 21 heavy (non-hydrogen) atoms. The Kier molecular flexibility index (Phi) is 3.32. The van der Waals surface area contributed by atoms with E-state index in [4.69, 9.17) is 0 Å². The van der Waals surface area contributed by atoms with Crippen LogP contribution in [0.25, 0.3) is 0 Å². The van der Waals surface area contributed by atoms with Gasteiger partial charge in [-0.3, -0.25) is 9.48 Å². The fraction of sp³-hybridized carbons (Fsp3) is 0.412. The zero-order valence-electron chi connectivity index (χ0n) is 12.8. The van der Waals surface area contributed by atoms with E-state index in [9.17, 15) is 4.79 Å². The number of nitrogens with zero attached hydrogens (tertiary/aromatic N) is 2. The Morgan fingerprint density at radius 1 is 1.33 bits per heavy atom. The van der Waals surface area contributed by atoms with Gasteiger partial charge in [-0.05, 0) is 30.4 Å². The number of amides is 1. The van der Waals surface area contributed by atoms with Crippen molar-refractivity contribution in [2.45, 2.75) is 32.7 Å². The number of hydrogen-bond donors (Lipinski definition) is 1. The molecule has 1 atom stereocenters. The molecule has 1 amide bonds. The topological polar surface area (TPSA) is 46.9 Å². The van der Waals surface area contributed by atoms with E-state index in [1.54, 1.807) is 0 Å². The highest BCUT2D eigenvalue weighted by Crippen LogP contribution is 2.40. The van der Waals surface area contributed by atoms with Gasteiger partial charge >= 0.3 is 0 Å². The lowest BCUT2D eigenvalue weighted by Crippen LogP contribution is -2.36. The Morgan fingerprint density at radius 3 is 2.76 bits per heavy atom. The van der Waals surface area contributed by atoms with Crippen LogP contribution < -0.4 is 5.32 Å². The van der Waals surface area contributed by atoms with E-state index in [1.807, 2.05) is 48.3 Å². The number of carbonyl (C=O) groups excluding carboxylic acids is 1. The fourth-order valence-corrected chi connectivity index (χ4v) is 3.14. The Bertz CT molecular complexity index is 658. The van der Waals surface area contributed by atoms with Crippen LogP contribution in [-0.4, -0.2) is 15.7 Å². The molecule has 4 heteroatoms. The van der Waals surface area contributed by atoms with Crippen LogP contribution in [0, 0.1) is 5.41 Å². The van der Waals surface area contributed by atoms with Crippen LogP contribution in [0.2, 0.25) is 0 Å². The van der Waals surface area contributed by atoms with Crippen molar-refractivity contribution < 1.29 is 4.79 Å². The second-order valence-corrected chi connectivity index (χ2v) is 6.61. The van der Waals surface area contributed by atoms with Crippen molar-refractivity contribution in [1.82, 2.24) is 15.1 Å². The van der Waals surface area contributed by atoms with Gasteiger partial charge in [-0.25, -0.2) is 0 Å². The molecule has 1 heterocycles. The lowest BCUT2D eigenvalue weighted by Gasteiger charge is -2.35. The van der Waals surface area contributed by atoms with E-state index < -0.39 is 0 Å². The lowest BCUT2D eigenvalue weighted by atomic mass is 9.74. The van der Waals surface area contributed by atoms with E-state index in [2.05, 4.69) is 24.3 Å². The molecule has 0 unspecified atom stereocenters. The molecule has 0 radical (unpaired) electrons. The minimum atomic E-state index is -0.0203. The highest BCUT2D eigenvalue weighted by atomic mass is 16.1. The van der Waals surface area contributed by atoms with E-state index in [-0.39, 0.29) is 17.4 Å². The number of aryl methyl sites for hydroxylation is 1. The summed E-state index contributed by atoms with van der Waals surface area (Å²) in [6, 6.07) is 9.40. The molecule has 0 saturated heterocycles. The molecule has 2 aromatic rings. The van der Waals surface area contributed by atoms with Gasteiger partial charge < -0.3 is 5.32 Å². The molecule has 0 bridgehead atoms. The molecule has 110 valence electrons. The van der Waals surface area contributed by atoms with Crippen molar-refractivity contribution in [1.29, 1.82) is 0 Å². The van der Waals surface area contributed by atoms with Crippen LogP contribution in [0.4, 0.5) is 0 Å². The van der Waals surface area contributed by atoms with Crippen LogP contribution in [0.5, 0.6) is 0 Å². The summed E-state index contributed by atoms with van der Waals surface area (Å²) in [5, 5.41) is 7.53. The van der Waals surface area contributed by atoms with Gasteiger partial charge in [0.2, 0.25) is 0 Å². The standard InChI is InChI=1S/C17H21N3O/c1-17(2)9-14(13-11-18-20(3)15(13)10-17)19-16(21)12-7-5-4-6-8-12/h4-8,11,14H,9-10H2,1-3H3,(H,19,21)/t14-/m0/s1. The Labute approximate surface area is 125 Å². The largest absolute Gasteiger partial charge is 0.345 e. The number of fused-ring (bicyclic) bond motifs is 1. The molecule has 1 aliphatic rings. The second-order valence-electron chi connectivity index (χ2n) is 6.61. The summed E-state index contributed by atoms with van der Waals surface area (Å²) in [5.41, 5.74) is 3.24. The summed E-state index contributed by atoms with van der Waals surface area (Å²) in [7, 11) is 1.97. The Hall–Kier alpha value is -2.10. The highest BCUT2D eigenvalue weighted by Gasteiger charge is 2.35. The van der Waals surface area contributed by atoms with Gasteiger partial charge in [0.05, 0.1) is 12.2 Å². The van der Waals surface area contributed by atoms with Gasteiger partial charge in [0.15, 0.2) is 0 Å². The summed E-state index contributed by atoms with van der Waals surface area (Å²) in [4.78, 5) is 12.4. The van der Waals surface area contributed by atoms with Crippen molar-refractivity contribution in [2.24, 2.45) is 12.5 Å². The number of carbonyl (C=O) groups is 1. The lowest BCUT2D eigenvalue weighted by molar-refractivity contribution is 0.0919. The third-order valence-corrected chi connectivity index (χ3v) is 4.21. The maximum Gasteiger partial charge on any atom is 0.251 e. The van der Waals surface area contributed by atoms with Gasteiger partial charge in [0, 0.05) is 23.9 Å². The summed E-state index contributed by atoms with van der Waals surface area (Å²) < 4.78 is 1.93. The average molecular weight is 283 g/mol. The van der Waals surface area contributed by atoms with Crippen molar-refractivity contribution >= 4 is 5.91 Å². The van der Waals surface area contributed by atoms with Gasteiger partial charge in [0.1, 0.15) is 0 Å². The SMILES string of the molecule is Cn1ncc2c1CC(C)(C)C[C@@H]2NC(=O)c1ccccc1. The third kappa shape index (κ3) is 2.71. The summed E-state index contributed by atoms with van der Waals surface area (Å²) >= 11 is 0. The number of benzene rings is 1. The molecule has 1 aromatic heterocycles. The first-order valence-electron chi connectivity index (χ1n) is 7.33. The smallest absolute Gasteiger partial charge is 0.251 e. The average Bonchev–Trinajstić information content (AvgIpc) is 2.80. The normalized spacial score (nSPS) is 19.9. The molecule has 4 nitrogen and oxygen atoms in total. The van der Waals surface area contributed by atoms with E-state index in [0.717, 1.165) is 18.4 Å². The zero-order chi connectivity index (χ0) is 15.0. The number of nitrogens with one attached hydrogen (secondary N) is 1. The summed E-state index contributed by atoms with van der Waals surface area (Å²) in [5.74, 6) is -0.0203. The van der Waals surface area contributed by atoms with Crippen molar-refractivity contribution in [3.05, 3.63) is 53.3 Å². The number of rotatable bonds is 2. The minimum Gasteiger partial charge on any atom is -0.345 e. The van der Waals surface area contributed by atoms with Gasteiger partial charge in [-0.1, -0.05) is 32.0 Å². The molecule has 0 spiro atoms. The maximum atomic E-state index is 12.4.